The molecule has 4 nitrogen and oxygen atoms in total. The van der Waals surface area contributed by atoms with Crippen molar-refractivity contribution in [2.75, 3.05) is 33.7 Å². The van der Waals surface area contributed by atoms with Crippen molar-refractivity contribution in [1.82, 2.24) is 15.1 Å². The molecule has 4 heteroatoms. The van der Waals surface area contributed by atoms with Crippen LogP contribution in [0.3, 0.4) is 0 Å². The third-order valence-electron chi connectivity index (χ3n) is 4.35. The lowest BCUT2D eigenvalue weighted by molar-refractivity contribution is -0.133. The summed E-state index contributed by atoms with van der Waals surface area (Å²) in [4.78, 5) is 16.7. The van der Waals surface area contributed by atoms with Crippen LogP contribution < -0.4 is 5.32 Å². The minimum Gasteiger partial charge on any atom is -0.339 e. The summed E-state index contributed by atoms with van der Waals surface area (Å²) in [6.45, 7) is 7.19. The van der Waals surface area contributed by atoms with Gasteiger partial charge in [0.05, 0.1) is 6.04 Å². The summed E-state index contributed by atoms with van der Waals surface area (Å²) in [6.07, 6.45) is 1.12. The Kier molecular flexibility index (Phi) is 3.73. The first-order valence-corrected chi connectivity index (χ1v) is 6.69. The number of rotatable bonds is 2. The molecule has 0 aromatic heterocycles. The molecule has 1 amide bonds. The molecule has 0 aliphatic carbocycles. The number of hydrogen-bond donors (Lipinski definition) is 1. The molecule has 0 bridgehead atoms. The van der Waals surface area contributed by atoms with Gasteiger partial charge in [0.15, 0.2) is 0 Å². The molecule has 17 heavy (non-hydrogen) atoms. The van der Waals surface area contributed by atoms with Crippen LogP contribution >= 0.6 is 0 Å². The molecule has 2 aliphatic heterocycles. The molecule has 4 unspecified atom stereocenters. The second-order valence-electron chi connectivity index (χ2n) is 5.95. The predicted octanol–water partition coefficient (Wildman–Crippen LogP) is 0.393. The number of likely N-dealkylation sites (N-methyl/N-ethyl adjacent to an activating group) is 1. The summed E-state index contributed by atoms with van der Waals surface area (Å²) in [5, 5.41) is 3.34. The highest BCUT2D eigenvalue weighted by Gasteiger charge is 2.38. The zero-order chi connectivity index (χ0) is 12.6. The van der Waals surface area contributed by atoms with Gasteiger partial charge >= 0.3 is 0 Å². The van der Waals surface area contributed by atoms with Gasteiger partial charge in [0, 0.05) is 19.1 Å². The molecule has 1 N–H and O–H groups in total. The largest absolute Gasteiger partial charge is 0.339 e. The number of nitrogens with one attached hydrogen (secondary N) is 1. The van der Waals surface area contributed by atoms with Gasteiger partial charge in [0.2, 0.25) is 5.91 Å². The van der Waals surface area contributed by atoms with Crippen molar-refractivity contribution < 1.29 is 4.79 Å². The van der Waals surface area contributed by atoms with E-state index in [9.17, 15) is 4.79 Å². The van der Waals surface area contributed by atoms with Crippen molar-refractivity contribution in [3.05, 3.63) is 0 Å². The van der Waals surface area contributed by atoms with Crippen LogP contribution in [-0.2, 0) is 4.79 Å². The molecule has 2 fully saturated rings. The third kappa shape index (κ3) is 2.47. The zero-order valence-corrected chi connectivity index (χ0v) is 11.4. The first-order chi connectivity index (χ1) is 8.00. The van der Waals surface area contributed by atoms with Gasteiger partial charge in [0.25, 0.3) is 0 Å². The standard InChI is InChI=1S/C13H25N3O/c1-9-5-6-14-12(9)13(17)16-7-10(2)11(8-16)15(3)4/h9-12,14H,5-8H2,1-4H3. The molecule has 4 atom stereocenters. The fraction of sp³-hybridized carbons (Fsp3) is 0.923. The van der Waals surface area contributed by atoms with E-state index < -0.39 is 0 Å². The van der Waals surface area contributed by atoms with Gasteiger partial charge in [-0.25, -0.2) is 0 Å². The Labute approximate surface area is 104 Å². The van der Waals surface area contributed by atoms with Crippen molar-refractivity contribution in [3.8, 4) is 0 Å². The van der Waals surface area contributed by atoms with Crippen molar-refractivity contribution >= 4 is 5.91 Å². The highest BCUT2D eigenvalue weighted by atomic mass is 16.2. The van der Waals surface area contributed by atoms with Gasteiger partial charge in [-0.1, -0.05) is 13.8 Å². The third-order valence-corrected chi connectivity index (χ3v) is 4.35. The van der Waals surface area contributed by atoms with Crippen LogP contribution in [0.25, 0.3) is 0 Å². The average Bonchev–Trinajstić information content (AvgIpc) is 2.83. The normalized spacial score (nSPS) is 38.1. The number of nitrogens with zero attached hydrogens (tertiary/aromatic N) is 2. The minimum absolute atomic E-state index is 0.0584. The number of likely N-dealkylation sites (tertiary alicyclic amines) is 1. The Hall–Kier alpha value is -0.610. The van der Waals surface area contributed by atoms with E-state index in [1.54, 1.807) is 0 Å². The van der Waals surface area contributed by atoms with Crippen molar-refractivity contribution in [3.63, 3.8) is 0 Å². The lowest BCUT2D eigenvalue weighted by atomic mass is 10.0. The Balaban J connectivity index is 1.98. The van der Waals surface area contributed by atoms with Crippen LogP contribution in [0.2, 0.25) is 0 Å². The molecule has 2 aliphatic rings. The van der Waals surface area contributed by atoms with Gasteiger partial charge in [-0.2, -0.15) is 0 Å². The first kappa shape index (κ1) is 12.8. The Bertz CT molecular complexity index is 292. The summed E-state index contributed by atoms with van der Waals surface area (Å²) in [5.74, 6) is 1.37. The Morgan fingerprint density at radius 1 is 1.24 bits per heavy atom. The maximum absolute atomic E-state index is 12.4. The van der Waals surface area contributed by atoms with Crippen molar-refractivity contribution in [1.29, 1.82) is 0 Å². The van der Waals surface area contributed by atoms with Crippen LogP contribution in [0.15, 0.2) is 0 Å². The van der Waals surface area contributed by atoms with Crippen LogP contribution in [0.5, 0.6) is 0 Å². The van der Waals surface area contributed by atoms with Crippen LogP contribution in [0.1, 0.15) is 20.3 Å². The minimum atomic E-state index is 0.0584. The van der Waals surface area contributed by atoms with Gasteiger partial charge in [-0.15, -0.1) is 0 Å². The lowest BCUT2D eigenvalue weighted by Gasteiger charge is -2.24. The summed E-state index contributed by atoms with van der Waals surface area (Å²) in [6, 6.07) is 0.568. The number of amides is 1. The second-order valence-corrected chi connectivity index (χ2v) is 5.95. The number of hydrogen-bond acceptors (Lipinski definition) is 3. The average molecular weight is 239 g/mol. The van der Waals surface area contributed by atoms with Gasteiger partial charge in [-0.3, -0.25) is 4.79 Å². The second kappa shape index (κ2) is 4.94. The van der Waals surface area contributed by atoms with E-state index in [1.165, 1.54) is 0 Å². The number of carbonyl (C=O) groups is 1. The molecule has 2 rings (SSSR count). The molecule has 0 saturated carbocycles. The Morgan fingerprint density at radius 2 is 1.94 bits per heavy atom. The molecule has 2 heterocycles. The number of carbonyl (C=O) groups excluding carboxylic acids is 1. The van der Waals surface area contributed by atoms with Gasteiger partial charge in [0.1, 0.15) is 0 Å². The topological polar surface area (TPSA) is 35.6 Å². The summed E-state index contributed by atoms with van der Waals surface area (Å²) < 4.78 is 0. The molecule has 0 radical (unpaired) electrons. The SMILES string of the molecule is CC1CCNC1C(=O)N1CC(C)C(N(C)C)C1. The molecular weight excluding hydrogens is 214 g/mol. The fourth-order valence-electron chi connectivity index (χ4n) is 3.16. The van der Waals surface area contributed by atoms with Crippen LogP contribution in [-0.4, -0.2) is 61.5 Å². The molecular formula is C13H25N3O. The Morgan fingerprint density at radius 3 is 2.41 bits per heavy atom. The van der Waals surface area contributed by atoms with Gasteiger partial charge < -0.3 is 15.1 Å². The smallest absolute Gasteiger partial charge is 0.240 e. The monoisotopic (exact) mass is 239 g/mol. The maximum Gasteiger partial charge on any atom is 0.240 e. The van der Waals surface area contributed by atoms with Crippen molar-refractivity contribution in [2.45, 2.75) is 32.4 Å². The van der Waals surface area contributed by atoms with E-state index in [0.717, 1.165) is 26.1 Å². The summed E-state index contributed by atoms with van der Waals surface area (Å²) in [5.41, 5.74) is 0. The maximum atomic E-state index is 12.4. The van der Waals surface area contributed by atoms with E-state index in [2.05, 4.69) is 43.1 Å². The highest BCUT2D eigenvalue weighted by Crippen LogP contribution is 2.23. The molecule has 2 saturated heterocycles. The molecule has 0 aromatic rings. The van der Waals surface area contributed by atoms with E-state index in [-0.39, 0.29) is 6.04 Å². The van der Waals surface area contributed by atoms with Crippen LogP contribution in [0.4, 0.5) is 0 Å². The molecule has 0 aromatic carbocycles. The molecule has 0 spiro atoms. The van der Waals surface area contributed by atoms with Crippen molar-refractivity contribution in [2.24, 2.45) is 11.8 Å². The summed E-state index contributed by atoms with van der Waals surface area (Å²) in [7, 11) is 4.21. The summed E-state index contributed by atoms with van der Waals surface area (Å²) >= 11 is 0. The van der Waals surface area contributed by atoms with E-state index in [4.69, 9.17) is 0 Å². The quantitative estimate of drug-likeness (QED) is 0.757. The highest BCUT2D eigenvalue weighted by molar-refractivity contribution is 5.83. The first-order valence-electron chi connectivity index (χ1n) is 6.69. The fourth-order valence-corrected chi connectivity index (χ4v) is 3.16. The zero-order valence-electron chi connectivity index (χ0n) is 11.4. The molecule has 98 valence electrons. The lowest BCUT2D eigenvalue weighted by Crippen LogP contribution is -2.46. The predicted molar refractivity (Wildman–Crippen MR) is 68.8 cm³/mol. The van der Waals surface area contributed by atoms with Gasteiger partial charge in [-0.05, 0) is 38.9 Å². The van der Waals surface area contributed by atoms with E-state index in [1.807, 2.05) is 0 Å². The van der Waals surface area contributed by atoms with E-state index >= 15 is 0 Å². The van der Waals surface area contributed by atoms with E-state index in [0.29, 0.717) is 23.8 Å². The van der Waals surface area contributed by atoms with Crippen LogP contribution in [0, 0.1) is 11.8 Å².